The van der Waals surface area contributed by atoms with Crippen LogP contribution in [0.25, 0.3) is 0 Å². The van der Waals surface area contributed by atoms with Crippen molar-refractivity contribution in [3.8, 4) is 0 Å². The Balaban J connectivity index is 1.96. The summed E-state index contributed by atoms with van der Waals surface area (Å²) in [7, 11) is -1.93. The molecule has 0 spiro atoms. The summed E-state index contributed by atoms with van der Waals surface area (Å²) in [5.74, 6) is 0. The van der Waals surface area contributed by atoms with Crippen LogP contribution < -0.4 is 5.40 Å². The van der Waals surface area contributed by atoms with Crippen LogP contribution in [0.1, 0.15) is 64.2 Å². The molecule has 0 bridgehead atoms. The van der Waals surface area contributed by atoms with Crippen molar-refractivity contribution in [3.05, 3.63) is 0 Å². The van der Waals surface area contributed by atoms with Crippen molar-refractivity contribution < 1.29 is 0 Å². The summed E-state index contributed by atoms with van der Waals surface area (Å²) < 4.78 is 0. The fourth-order valence-electron chi connectivity index (χ4n) is 3.42. The van der Waals surface area contributed by atoms with Gasteiger partial charge in [-0.15, -0.1) is 11.1 Å². The predicted molar refractivity (Wildman–Crippen MR) is 69.5 cm³/mol. The molecule has 3 heteroatoms. The van der Waals surface area contributed by atoms with Gasteiger partial charge in [0, 0.05) is 0 Å². The Kier molecular flexibility index (Phi) is 4.14. The third-order valence-electron chi connectivity index (χ3n) is 4.46. The maximum absolute atomic E-state index is 6.81. The minimum Gasteiger partial charge on any atom is -0.338 e. The van der Waals surface area contributed by atoms with E-state index in [0.29, 0.717) is 0 Å². The monoisotopic (exact) mass is 245 g/mol. The van der Waals surface area contributed by atoms with Crippen molar-refractivity contribution in [2.24, 2.45) is 5.40 Å². The van der Waals surface area contributed by atoms with Gasteiger partial charge in [0.15, 0.2) is 0 Å². The van der Waals surface area contributed by atoms with Gasteiger partial charge in [-0.1, -0.05) is 64.2 Å². The summed E-state index contributed by atoms with van der Waals surface area (Å²) in [6.07, 6.45) is 13.6. The number of halogens is 1. The first-order chi connectivity index (χ1) is 7.21. The molecule has 0 heterocycles. The van der Waals surface area contributed by atoms with Gasteiger partial charge >= 0.3 is 0 Å². The van der Waals surface area contributed by atoms with Crippen LogP contribution >= 0.6 is 11.1 Å². The Labute approximate surface area is 99.6 Å². The second-order valence-corrected chi connectivity index (χ2v) is 10.7. The van der Waals surface area contributed by atoms with Crippen molar-refractivity contribution in [1.29, 1.82) is 0 Å². The molecule has 0 aromatic rings. The Hall–Kier alpha value is 0.467. The van der Waals surface area contributed by atoms with Crippen LogP contribution in [0.4, 0.5) is 0 Å². The smallest absolute Gasteiger partial charge is 0.230 e. The topological polar surface area (TPSA) is 26.0 Å². The molecule has 2 aliphatic rings. The average Bonchev–Trinajstić information content (AvgIpc) is 2.31. The van der Waals surface area contributed by atoms with E-state index in [4.69, 9.17) is 16.5 Å². The van der Waals surface area contributed by atoms with Crippen LogP contribution in [-0.4, -0.2) is 7.55 Å². The van der Waals surface area contributed by atoms with E-state index in [-0.39, 0.29) is 0 Å². The zero-order valence-corrected chi connectivity index (χ0v) is 11.4. The van der Waals surface area contributed by atoms with Gasteiger partial charge in [0.2, 0.25) is 7.55 Å². The molecule has 2 aliphatic carbocycles. The van der Waals surface area contributed by atoms with Crippen molar-refractivity contribution in [2.45, 2.75) is 75.3 Å². The van der Waals surface area contributed by atoms with Gasteiger partial charge in [0.05, 0.1) is 0 Å². The second-order valence-electron chi connectivity index (χ2n) is 5.50. The zero-order chi connectivity index (χ0) is 10.7. The fraction of sp³-hybridized carbons (Fsp3) is 1.00. The van der Waals surface area contributed by atoms with Crippen molar-refractivity contribution >= 4 is 18.6 Å². The first kappa shape index (κ1) is 11.9. The van der Waals surface area contributed by atoms with Gasteiger partial charge in [-0.2, -0.15) is 0 Å². The highest BCUT2D eigenvalue weighted by atomic mass is 35.6. The van der Waals surface area contributed by atoms with E-state index >= 15 is 0 Å². The summed E-state index contributed by atoms with van der Waals surface area (Å²) in [5, 5.41) is 6.57. The number of hydrogen-bond donors (Lipinski definition) is 1. The van der Waals surface area contributed by atoms with E-state index in [1.165, 1.54) is 64.2 Å². The lowest BCUT2D eigenvalue weighted by Gasteiger charge is -2.39. The van der Waals surface area contributed by atoms with Crippen molar-refractivity contribution in [1.82, 2.24) is 0 Å². The van der Waals surface area contributed by atoms with Crippen LogP contribution in [-0.2, 0) is 0 Å². The highest BCUT2D eigenvalue weighted by molar-refractivity contribution is 7.20. The lowest BCUT2D eigenvalue weighted by atomic mass is 9.99. The highest BCUT2D eigenvalue weighted by Crippen LogP contribution is 2.47. The molecular formula is C12H24ClNSi. The van der Waals surface area contributed by atoms with Gasteiger partial charge < -0.3 is 5.40 Å². The summed E-state index contributed by atoms with van der Waals surface area (Å²) >= 11 is 6.81. The van der Waals surface area contributed by atoms with Gasteiger partial charge in [0.1, 0.15) is 0 Å². The Morgan fingerprint density at radius 1 is 0.733 bits per heavy atom. The molecule has 2 saturated carbocycles. The standard InChI is InChI=1S/C12H24ClNSi/c13-15(14,11-7-3-1-4-8-11)12-9-5-2-6-10-12/h11-12H,1-10,14H2. The minimum atomic E-state index is -1.93. The number of rotatable bonds is 2. The molecule has 0 aromatic carbocycles. The second kappa shape index (κ2) is 5.20. The summed E-state index contributed by atoms with van der Waals surface area (Å²) in [6, 6.07) is 0. The van der Waals surface area contributed by atoms with E-state index in [1.54, 1.807) is 0 Å². The van der Waals surface area contributed by atoms with E-state index in [1.807, 2.05) is 0 Å². The third kappa shape index (κ3) is 2.77. The summed E-state index contributed by atoms with van der Waals surface area (Å²) in [4.78, 5) is 0. The van der Waals surface area contributed by atoms with E-state index in [2.05, 4.69) is 0 Å². The zero-order valence-electron chi connectivity index (χ0n) is 9.68. The SMILES string of the molecule is N[Si](Cl)(C1CCCCC1)C1CCCCC1. The first-order valence-electron chi connectivity index (χ1n) is 6.69. The molecular weight excluding hydrogens is 222 g/mol. The number of hydrogen-bond acceptors (Lipinski definition) is 1. The largest absolute Gasteiger partial charge is 0.338 e. The predicted octanol–water partition coefficient (Wildman–Crippen LogP) is 4.29. The van der Waals surface area contributed by atoms with E-state index < -0.39 is 7.55 Å². The quantitative estimate of drug-likeness (QED) is 0.570. The van der Waals surface area contributed by atoms with E-state index in [0.717, 1.165) is 11.1 Å². The molecule has 2 N–H and O–H groups in total. The summed E-state index contributed by atoms with van der Waals surface area (Å²) in [6.45, 7) is 0. The normalized spacial score (nSPS) is 26.8. The Morgan fingerprint density at radius 2 is 1.07 bits per heavy atom. The fourth-order valence-corrected chi connectivity index (χ4v) is 7.99. The molecule has 15 heavy (non-hydrogen) atoms. The Morgan fingerprint density at radius 3 is 1.40 bits per heavy atom. The summed E-state index contributed by atoms with van der Waals surface area (Å²) in [5.41, 5.74) is 1.44. The molecule has 0 aliphatic heterocycles. The van der Waals surface area contributed by atoms with Crippen molar-refractivity contribution in [3.63, 3.8) is 0 Å². The molecule has 1 nitrogen and oxygen atoms in total. The molecule has 88 valence electrons. The lowest BCUT2D eigenvalue weighted by Crippen LogP contribution is -2.50. The minimum absolute atomic E-state index is 0.719. The van der Waals surface area contributed by atoms with Crippen molar-refractivity contribution in [2.75, 3.05) is 0 Å². The first-order valence-corrected chi connectivity index (χ1v) is 9.93. The van der Waals surface area contributed by atoms with Crippen LogP contribution in [0.3, 0.4) is 0 Å². The van der Waals surface area contributed by atoms with E-state index in [9.17, 15) is 0 Å². The van der Waals surface area contributed by atoms with Crippen LogP contribution in [0.2, 0.25) is 11.1 Å². The van der Waals surface area contributed by atoms with Gasteiger partial charge in [-0.3, -0.25) is 0 Å². The van der Waals surface area contributed by atoms with Gasteiger partial charge in [-0.25, -0.2) is 0 Å². The molecule has 0 amide bonds. The Bertz CT molecular complexity index is 176. The lowest BCUT2D eigenvalue weighted by molar-refractivity contribution is 0.457. The maximum atomic E-state index is 6.81. The molecule has 0 atom stereocenters. The maximum Gasteiger partial charge on any atom is 0.230 e. The highest BCUT2D eigenvalue weighted by Gasteiger charge is 2.44. The molecule has 0 saturated heterocycles. The van der Waals surface area contributed by atoms with Crippen LogP contribution in [0.5, 0.6) is 0 Å². The molecule has 0 radical (unpaired) electrons. The third-order valence-corrected chi connectivity index (χ3v) is 9.97. The average molecular weight is 246 g/mol. The molecule has 0 unspecified atom stereocenters. The van der Waals surface area contributed by atoms with Gasteiger partial charge in [0.25, 0.3) is 0 Å². The van der Waals surface area contributed by atoms with Crippen LogP contribution in [0, 0.1) is 0 Å². The molecule has 0 aromatic heterocycles. The van der Waals surface area contributed by atoms with Gasteiger partial charge in [-0.05, 0) is 11.1 Å². The molecule has 2 fully saturated rings. The molecule has 2 rings (SSSR count). The number of nitrogens with two attached hydrogens (primary N) is 1. The van der Waals surface area contributed by atoms with Crippen LogP contribution in [0.15, 0.2) is 0 Å².